The van der Waals surface area contributed by atoms with E-state index in [1.807, 2.05) is 6.92 Å². The van der Waals surface area contributed by atoms with Gasteiger partial charge in [-0.2, -0.15) is 0 Å². The molecule has 1 fully saturated rings. The molecule has 1 saturated heterocycles. The fourth-order valence-corrected chi connectivity index (χ4v) is 1.33. The molecule has 0 aromatic rings. The van der Waals surface area contributed by atoms with Crippen LogP contribution in [0.3, 0.4) is 0 Å². The Labute approximate surface area is 61.6 Å². The fourth-order valence-electron chi connectivity index (χ4n) is 1.33. The van der Waals surface area contributed by atoms with Crippen molar-refractivity contribution in [1.82, 2.24) is 0 Å². The lowest BCUT2D eigenvalue weighted by Gasteiger charge is -2.24. The predicted molar refractivity (Wildman–Crippen MR) is 38.5 cm³/mol. The average molecular weight is 142 g/mol. The van der Waals surface area contributed by atoms with Crippen molar-refractivity contribution < 1.29 is 9.53 Å². The zero-order valence-electron chi connectivity index (χ0n) is 6.59. The molecular weight excluding hydrogens is 128 g/mol. The van der Waals surface area contributed by atoms with Gasteiger partial charge in [0, 0.05) is 0 Å². The normalized spacial score (nSPS) is 33.6. The first-order valence-electron chi connectivity index (χ1n) is 3.90. The summed E-state index contributed by atoms with van der Waals surface area (Å²) in [5.41, 5.74) is 0. The van der Waals surface area contributed by atoms with E-state index < -0.39 is 0 Å². The highest BCUT2D eigenvalue weighted by Gasteiger charge is 2.26. The summed E-state index contributed by atoms with van der Waals surface area (Å²) in [6, 6.07) is 0. The van der Waals surface area contributed by atoms with Crippen LogP contribution in [0.4, 0.5) is 0 Å². The summed E-state index contributed by atoms with van der Waals surface area (Å²) in [4.78, 5) is 10.9. The zero-order valence-corrected chi connectivity index (χ0v) is 6.59. The number of cyclic esters (lactones) is 1. The van der Waals surface area contributed by atoms with Crippen molar-refractivity contribution >= 4 is 5.97 Å². The van der Waals surface area contributed by atoms with E-state index in [1.165, 1.54) is 0 Å². The van der Waals surface area contributed by atoms with Crippen LogP contribution in [0.5, 0.6) is 0 Å². The number of esters is 1. The molecular formula is C8H14O2. The molecule has 0 amide bonds. The van der Waals surface area contributed by atoms with E-state index in [0.29, 0.717) is 12.5 Å². The third kappa shape index (κ3) is 1.49. The topological polar surface area (TPSA) is 26.3 Å². The summed E-state index contributed by atoms with van der Waals surface area (Å²) in [5.74, 6) is 0.729. The smallest absolute Gasteiger partial charge is 0.308 e. The zero-order chi connectivity index (χ0) is 7.56. The molecule has 0 saturated carbocycles. The summed E-state index contributed by atoms with van der Waals surface area (Å²) < 4.78 is 4.95. The largest absolute Gasteiger partial charge is 0.465 e. The first kappa shape index (κ1) is 7.58. The van der Waals surface area contributed by atoms with Crippen LogP contribution in [0, 0.1) is 11.8 Å². The van der Waals surface area contributed by atoms with E-state index in [9.17, 15) is 4.79 Å². The van der Waals surface area contributed by atoms with Gasteiger partial charge in [0.05, 0.1) is 12.5 Å². The Morgan fingerprint density at radius 2 is 2.40 bits per heavy atom. The van der Waals surface area contributed by atoms with Gasteiger partial charge >= 0.3 is 5.97 Å². The van der Waals surface area contributed by atoms with Gasteiger partial charge < -0.3 is 4.74 Å². The summed E-state index contributed by atoms with van der Waals surface area (Å²) in [5, 5.41) is 0. The highest BCUT2D eigenvalue weighted by atomic mass is 16.5. The van der Waals surface area contributed by atoms with Crippen molar-refractivity contribution in [2.24, 2.45) is 11.8 Å². The van der Waals surface area contributed by atoms with Gasteiger partial charge in [-0.3, -0.25) is 4.79 Å². The third-order valence-electron chi connectivity index (χ3n) is 2.02. The van der Waals surface area contributed by atoms with Gasteiger partial charge in [0.15, 0.2) is 0 Å². The Morgan fingerprint density at radius 1 is 1.70 bits per heavy atom. The van der Waals surface area contributed by atoms with E-state index in [0.717, 1.165) is 12.8 Å². The van der Waals surface area contributed by atoms with Gasteiger partial charge in [-0.25, -0.2) is 0 Å². The number of ether oxygens (including phenoxy) is 1. The summed E-state index contributed by atoms with van der Waals surface area (Å²) >= 11 is 0. The molecule has 1 heterocycles. The molecule has 0 bridgehead atoms. The quantitative estimate of drug-likeness (QED) is 0.520. The molecule has 2 nitrogen and oxygen atoms in total. The van der Waals surface area contributed by atoms with E-state index in [1.54, 1.807) is 0 Å². The lowest BCUT2D eigenvalue weighted by atomic mass is 9.92. The minimum Gasteiger partial charge on any atom is -0.465 e. The molecule has 0 spiro atoms. The molecule has 0 radical (unpaired) electrons. The lowest BCUT2D eigenvalue weighted by molar-refractivity contribution is -0.155. The van der Waals surface area contributed by atoms with Crippen molar-refractivity contribution in [2.75, 3.05) is 6.61 Å². The molecule has 10 heavy (non-hydrogen) atoms. The number of carbonyl (C=O) groups is 1. The molecule has 0 aromatic carbocycles. The van der Waals surface area contributed by atoms with Crippen molar-refractivity contribution in [3.63, 3.8) is 0 Å². The predicted octanol–water partition coefficient (Wildman–Crippen LogP) is 1.60. The Kier molecular flexibility index (Phi) is 2.30. The van der Waals surface area contributed by atoms with Crippen LogP contribution in [0.2, 0.25) is 0 Å². The van der Waals surface area contributed by atoms with Crippen LogP contribution in [0.1, 0.15) is 26.7 Å². The van der Waals surface area contributed by atoms with Gasteiger partial charge in [-0.05, 0) is 18.8 Å². The molecule has 0 N–H and O–H groups in total. The molecule has 1 aliphatic heterocycles. The van der Waals surface area contributed by atoms with E-state index >= 15 is 0 Å². The van der Waals surface area contributed by atoms with Gasteiger partial charge in [-0.1, -0.05) is 13.8 Å². The second kappa shape index (κ2) is 3.04. The summed E-state index contributed by atoms with van der Waals surface area (Å²) in [7, 11) is 0. The van der Waals surface area contributed by atoms with Crippen LogP contribution < -0.4 is 0 Å². The number of hydrogen-bond acceptors (Lipinski definition) is 2. The number of hydrogen-bond donors (Lipinski definition) is 0. The molecule has 58 valence electrons. The standard InChI is InChI=1S/C8H14O2/c1-3-7-4-6(2)5-10-8(7)9/h6-7H,3-5H2,1-2H3. The molecule has 1 rings (SSSR count). The van der Waals surface area contributed by atoms with Crippen LogP contribution in [0.15, 0.2) is 0 Å². The van der Waals surface area contributed by atoms with Crippen LogP contribution in [0.25, 0.3) is 0 Å². The highest BCUT2D eigenvalue weighted by Crippen LogP contribution is 2.22. The summed E-state index contributed by atoms with van der Waals surface area (Å²) in [6.45, 7) is 4.77. The Bertz CT molecular complexity index is 131. The van der Waals surface area contributed by atoms with Gasteiger partial charge in [0.2, 0.25) is 0 Å². The van der Waals surface area contributed by atoms with E-state index in [4.69, 9.17) is 4.74 Å². The molecule has 1 aliphatic rings. The second-order valence-electron chi connectivity index (χ2n) is 3.08. The Morgan fingerprint density at radius 3 is 2.90 bits per heavy atom. The fraction of sp³-hybridized carbons (Fsp3) is 0.875. The molecule has 2 unspecified atom stereocenters. The van der Waals surface area contributed by atoms with Crippen molar-refractivity contribution in [1.29, 1.82) is 0 Å². The molecule has 0 aromatic heterocycles. The highest BCUT2D eigenvalue weighted by molar-refractivity contribution is 5.72. The van der Waals surface area contributed by atoms with Crippen molar-refractivity contribution in [3.05, 3.63) is 0 Å². The number of rotatable bonds is 1. The Balaban J connectivity index is 2.45. The molecule has 0 aliphatic carbocycles. The monoisotopic (exact) mass is 142 g/mol. The van der Waals surface area contributed by atoms with Crippen molar-refractivity contribution in [2.45, 2.75) is 26.7 Å². The lowest BCUT2D eigenvalue weighted by Crippen LogP contribution is -2.28. The first-order valence-corrected chi connectivity index (χ1v) is 3.90. The van der Waals surface area contributed by atoms with Gasteiger partial charge in [-0.15, -0.1) is 0 Å². The van der Waals surface area contributed by atoms with E-state index in [2.05, 4.69) is 6.92 Å². The minimum atomic E-state index is 0.000556. The van der Waals surface area contributed by atoms with Gasteiger partial charge in [0.25, 0.3) is 0 Å². The molecule has 2 atom stereocenters. The van der Waals surface area contributed by atoms with Crippen molar-refractivity contribution in [3.8, 4) is 0 Å². The summed E-state index contributed by atoms with van der Waals surface area (Å²) in [6.07, 6.45) is 1.93. The SMILES string of the molecule is CCC1CC(C)COC1=O. The van der Waals surface area contributed by atoms with Crippen LogP contribution in [-0.4, -0.2) is 12.6 Å². The minimum absolute atomic E-state index is 0.000556. The van der Waals surface area contributed by atoms with Crippen LogP contribution >= 0.6 is 0 Å². The molecule has 2 heteroatoms. The number of carbonyl (C=O) groups excluding carboxylic acids is 1. The first-order chi connectivity index (χ1) is 4.74. The average Bonchev–Trinajstić information content (AvgIpc) is 1.94. The van der Waals surface area contributed by atoms with E-state index in [-0.39, 0.29) is 11.9 Å². The Hall–Kier alpha value is -0.530. The second-order valence-corrected chi connectivity index (χ2v) is 3.08. The maximum absolute atomic E-state index is 10.9. The third-order valence-corrected chi connectivity index (χ3v) is 2.02. The maximum atomic E-state index is 10.9. The maximum Gasteiger partial charge on any atom is 0.308 e. The van der Waals surface area contributed by atoms with Gasteiger partial charge in [0.1, 0.15) is 0 Å². The van der Waals surface area contributed by atoms with Crippen LogP contribution in [-0.2, 0) is 9.53 Å².